The Hall–Kier alpha value is -2.08. The Morgan fingerprint density at radius 1 is 1.42 bits per heavy atom. The molecule has 6 heteroatoms. The van der Waals surface area contributed by atoms with E-state index in [1.807, 2.05) is 13.8 Å². The Balaban J connectivity index is 2.30. The summed E-state index contributed by atoms with van der Waals surface area (Å²) in [7, 11) is 0. The van der Waals surface area contributed by atoms with Gasteiger partial charge in [0.2, 0.25) is 0 Å². The number of hydrogen-bond donors (Lipinski definition) is 2. The normalized spacial score (nSPS) is 10.9. The third-order valence-corrected chi connectivity index (χ3v) is 2.46. The summed E-state index contributed by atoms with van der Waals surface area (Å²) in [4.78, 5) is 22.4. The molecule has 0 aliphatic heterocycles. The van der Waals surface area contributed by atoms with Crippen LogP contribution in [0.1, 0.15) is 19.5 Å². The molecule has 0 spiro atoms. The lowest BCUT2D eigenvalue weighted by Gasteiger charge is -2.08. The van der Waals surface area contributed by atoms with E-state index in [0.29, 0.717) is 29.8 Å². The largest absolute Gasteiger partial charge is 0.309 e. The fourth-order valence-electron chi connectivity index (χ4n) is 1.54. The third kappa shape index (κ3) is 3.69. The molecular weight excluding hydrogens is 247 g/mol. The van der Waals surface area contributed by atoms with E-state index in [1.165, 1.54) is 18.2 Å². The predicted molar refractivity (Wildman–Crippen MR) is 70.0 cm³/mol. The number of nitrogens with one attached hydrogen (secondary N) is 2. The maximum absolute atomic E-state index is 12.8. The van der Waals surface area contributed by atoms with E-state index in [-0.39, 0.29) is 5.56 Å². The lowest BCUT2D eigenvalue weighted by atomic mass is 10.3. The second-order valence-electron chi connectivity index (χ2n) is 4.48. The van der Waals surface area contributed by atoms with Gasteiger partial charge < -0.3 is 10.3 Å². The van der Waals surface area contributed by atoms with E-state index in [4.69, 9.17) is 0 Å². The van der Waals surface area contributed by atoms with Crippen molar-refractivity contribution in [3.05, 3.63) is 46.3 Å². The quantitative estimate of drug-likeness (QED) is 0.875. The molecule has 100 valence electrons. The van der Waals surface area contributed by atoms with Gasteiger partial charge >= 0.3 is 0 Å². The fourth-order valence-corrected chi connectivity index (χ4v) is 1.54. The van der Waals surface area contributed by atoms with E-state index in [2.05, 4.69) is 20.3 Å². The van der Waals surface area contributed by atoms with Crippen molar-refractivity contribution in [1.82, 2.24) is 20.3 Å². The Morgan fingerprint density at radius 2 is 2.21 bits per heavy atom. The summed E-state index contributed by atoms with van der Waals surface area (Å²) in [6.07, 6.45) is 1.09. The van der Waals surface area contributed by atoms with E-state index in [0.717, 1.165) is 6.20 Å². The van der Waals surface area contributed by atoms with Gasteiger partial charge in [-0.2, -0.15) is 0 Å². The highest BCUT2D eigenvalue weighted by Crippen LogP contribution is 2.10. The summed E-state index contributed by atoms with van der Waals surface area (Å²) in [5.74, 6) is -0.0863. The molecule has 0 bridgehead atoms. The highest BCUT2D eigenvalue weighted by atomic mass is 19.1. The van der Waals surface area contributed by atoms with Crippen LogP contribution in [0.25, 0.3) is 11.5 Å². The molecular formula is C13H15FN4O. The van der Waals surface area contributed by atoms with Gasteiger partial charge in [0.05, 0.1) is 11.9 Å². The third-order valence-electron chi connectivity index (χ3n) is 2.46. The lowest BCUT2D eigenvalue weighted by Crippen LogP contribution is -2.24. The Kier molecular flexibility index (Phi) is 4.01. The molecule has 0 saturated heterocycles. The monoisotopic (exact) mass is 262 g/mol. The first kappa shape index (κ1) is 13.4. The molecule has 0 saturated carbocycles. The van der Waals surface area contributed by atoms with E-state index in [9.17, 15) is 9.18 Å². The van der Waals surface area contributed by atoms with Crippen molar-refractivity contribution >= 4 is 0 Å². The standard InChI is InChI=1S/C13H15FN4O/c1-8(2)15-7-10-5-12(19)18-13(17-10)11-4-3-9(14)6-16-11/h3-6,8,15H,7H2,1-2H3,(H,17,18,19). The van der Waals surface area contributed by atoms with Crippen molar-refractivity contribution in [2.75, 3.05) is 0 Å². The number of aromatic amines is 1. The van der Waals surface area contributed by atoms with Crippen LogP contribution >= 0.6 is 0 Å². The second kappa shape index (κ2) is 5.71. The first-order valence-electron chi connectivity index (χ1n) is 6.00. The van der Waals surface area contributed by atoms with Gasteiger partial charge in [-0.15, -0.1) is 0 Å². The zero-order valence-corrected chi connectivity index (χ0v) is 10.8. The molecule has 0 atom stereocenters. The van der Waals surface area contributed by atoms with Crippen LogP contribution in [0.3, 0.4) is 0 Å². The molecule has 19 heavy (non-hydrogen) atoms. The minimum absolute atomic E-state index is 0.253. The van der Waals surface area contributed by atoms with E-state index < -0.39 is 5.82 Å². The molecule has 0 amide bonds. The molecule has 0 aliphatic carbocycles. The van der Waals surface area contributed by atoms with Crippen LogP contribution in [0.2, 0.25) is 0 Å². The lowest BCUT2D eigenvalue weighted by molar-refractivity contribution is 0.580. The van der Waals surface area contributed by atoms with Crippen molar-refractivity contribution in [2.24, 2.45) is 0 Å². The molecule has 5 nitrogen and oxygen atoms in total. The number of H-pyrrole nitrogens is 1. The molecule has 0 radical (unpaired) electrons. The number of nitrogens with zero attached hydrogens (tertiary/aromatic N) is 2. The van der Waals surface area contributed by atoms with Crippen molar-refractivity contribution in [2.45, 2.75) is 26.4 Å². The second-order valence-corrected chi connectivity index (χ2v) is 4.48. The van der Waals surface area contributed by atoms with Gasteiger partial charge in [-0.3, -0.25) is 4.79 Å². The molecule has 2 aromatic heterocycles. The predicted octanol–water partition coefficient (Wildman–Crippen LogP) is 1.47. The van der Waals surface area contributed by atoms with Crippen molar-refractivity contribution in [3.8, 4) is 11.5 Å². The van der Waals surface area contributed by atoms with E-state index >= 15 is 0 Å². The van der Waals surface area contributed by atoms with Gasteiger partial charge in [-0.05, 0) is 12.1 Å². The molecule has 0 aromatic carbocycles. The van der Waals surface area contributed by atoms with E-state index in [1.54, 1.807) is 0 Å². The maximum Gasteiger partial charge on any atom is 0.251 e. The minimum atomic E-state index is -0.427. The Morgan fingerprint density at radius 3 is 2.84 bits per heavy atom. The highest BCUT2D eigenvalue weighted by Gasteiger charge is 2.06. The summed E-state index contributed by atoms with van der Waals surface area (Å²) in [6, 6.07) is 4.49. The van der Waals surface area contributed by atoms with Gasteiger partial charge in [0.15, 0.2) is 5.82 Å². The molecule has 2 rings (SSSR count). The van der Waals surface area contributed by atoms with Gasteiger partial charge in [0.1, 0.15) is 11.5 Å². The van der Waals surface area contributed by atoms with Crippen LogP contribution in [-0.2, 0) is 6.54 Å². The summed E-state index contributed by atoms with van der Waals surface area (Å²) in [6.45, 7) is 4.51. The average molecular weight is 262 g/mol. The highest BCUT2D eigenvalue weighted by molar-refractivity contribution is 5.48. The first-order valence-corrected chi connectivity index (χ1v) is 6.00. The Labute approximate surface area is 109 Å². The molecule has 0 unspecified atom stereocenters. The van der Waals surface area contributed by atoms with Crippen LogP contribution in [0.15, 0.2) is 29.2 Å². The van der Waals surface area contributed by atoms with Gasteiger partial charge in [-0.25, -0.2) is 14.4 Å². The number of aromatic nitrogens is 3. The zero-order valence-electron chi connectivity index (χ0n) is 10.8. The van der Waals surface area contributed by atoms with Crippen LogP contribution in [0.5, 0.6) is 0 Å². The summed E-state index contributed by atoms with van der Waals surface area (Å²) in [5.41, 5.74) is 0.806. The molecule has 2 aromatic rings. The number of rotatable bonds is 4. The number of pyridine rings is 1. The fraction of sp³-hybridized carbons (Fsp3) is 0.308. The SMILES string of the molecule is CC(C)NCc1cc(=O)[nH]c(-c2ccc(F)cn2)n1. The van der Waals surface area contributed by atoms with Crippen molar-refractivity contribution < 1.29 is 4.39 Å². The van der Waals surface area contributed by atoms with Crippen LogP contribution < -0.4 is 10.9 Å². The van der Waals surface area contributed by atoms with Crippen LogP contribution in [0.4, 0.5) is 4.39 Å². The first-order chi connectivity index (χ1) is 9.04. The zero-order chi connectivity index (χ0) is 13.8. The summed E-state index contributed by atoms with van der Waals surface area (Å²) >= 11 is 0. The average Bonchev–Trinajstić information content (AvgIpc) is 2.36. The molecule has 0 fully saturated rings. The van der Waals surface area contributed by atoms with Crippen LogP contribution in [-0.4, -0.2) is 21.0 Å². The smallest absolute Gasteiger partial charge is 0.251 e. The van der Waals surface area contributed by atoms with Gasteiger partial charge in [0.25, 0.3) is 5.56 Å². The molecule has 2 heterocycles. The van der Waals surface area contributed by atoms with Gasteiger partial charge in [0, 0.05) is 18.7 Å². The summed E-state index contributed by atoms with van der Waals surface area (Å²) in [5, 5.41) is 3.18. The van der Waals surface area contributed by atoms with Crippen molar-refractivity contribution in [1.29, 1.82) is 0 Å². The van der Waals surface area contributed by atoms with Crippen LogP contribution in [0, 0.1) is 5.82 Å². The Bertz CT molecular complexity index is 607. The molecule has 2 N–H and O–H groups in total. The minimum Gasteiger partial charge on any atom is -0.309 e. The maximum atomic E-state index is 12.8. The van der Waals surface area contributed by atoms with Crippen molar-refractivity contribution in [3.63, 3.8) is 0 Å². The van der Waals surface area contributed by atoms with Gasteiger partial charge in [-0.1, -0.05) is 13.8 Å². The topological polar surface area (TPSA) is 70.7 Å². The molecule has 0 aliphatic rings. The summed E-state index contributed by atoms with van der Waals surface area (Å²) < 4.78 is 12.8. The number of hydrogen-bond acceptors (Lipinski definition) is 4. The number of halogens is 1.